The molecule has 0 fully saturated rings. The molecule has 4 aliphatic heterocycles. The first kappa shape index (κ1) is 86.4. The standard InChI is InChI=1S/2C22H25ClN2O3.C21H24ClN2O3.C20H21ClN2O3.ClH/c2*1-4-24(5-2)11-12-28-19-8-6-7-17-20(19)22(27)25(21(17)26)14-16-9-10-18(23)15(3)13-16;1-14-12-15(8-9-17(14)22)13-23-20(25)16-6-5-7-18(19(16)21(23)26)27-11-10-24(2,3)4;1-13-11-14(7-8-16(13)21)12-23-19(24)15-5-4-6-17(18(15)20(23)25)26-10-9-22(2)3;/h2*6-10,13H,4-5,11-12,14H2,1-3H3;5-9,12H,10-11,13H2,1-4H3;4-8,11H,9-10,12H2,1-3H3;1H/q;;+1;;/p-1. The lowest BCUT2D eigenvalue weighted by Crippen LogP contribution is -3.00. The molecule has 110 heavy (non-hydrogen) atoms. The van der Waals surface area contributed by atoms with Gasteiger partial charge in [0.1, 0.15) is 56.0 Å². The average molecular weight is 1600 g/mol. The van der Waals surface area contributed by atoms with Crippen LogP contribution in [-0.2, 0) is 26.2 Å². The normalized spacial score (nSPS) is 13.4. The van der Waals surface area contributed by atoms with Crippen LogP contribution in [0.3, 0.4) is 0 Å². The van der Waals surface area contributed by atoms with Gasteiger partial charge in [0.15, 0.2) is 0 Å². The van der Waals surface area contributed by atoms with Gasteiger partial charge in [-0.05, 0) is 185 Å². The van der Waals surface area contributed by atoms with Crippen LogP contribution in [-0.4, -0.2) is 200 Å². The van der Waals surface area contributed by atoms with Gasteiger partial charge in [-0.25, -0.2) is 0 Å². The molecule has 20 nitrogen and oxygen atoms in total. The number of hydrogen-bond acceptors (Lipinski definition) is 15. The minimum Gasteiger partial charge on any atom is -1.00 e. The first-order chi connectivity index (χ1) is 52.0. The molecule has 582 valence electrons. The molecule has 12 rings (SSSR count). The lowest BCUT2D eigenvalue weighted by atomic mass is 10.1. The van der Waals surface area contributed by atoms with Crippen molar-refractivity contribution >= 4 is 93.7 Å². The number of halogens is 5. The van der Waals surface area contributed by atoms with E-state index in [0.29, 0.717) is 114 Å². The summed E-state index contributed by atoms with van der Waals surface area (Å²) in [5.41, 5.74) is 10.1. The molecule has 0 atom stereocenters. The fraction of sp³-hybridized carbons (Fsp3) is 0.341. The number of hydrogen-bond donors (Lipinski definition) is 0. The monoisotopic (exact) mass is 1590 g/mol. The van der Waals surface area contributed by atoms with Crippen LogP contribution in [0.1, 0.15) is 155 Å². The molecule has 0 spiro atoms. The van der Waals surface area contributed by atoms with Crippen LogP contribution in [0.4, 0.5) is 0 Å². The largest absolute Gasteiger partial charge is 1.00 e. The quantitative estimate of drug-likeness (QED) is 0.0331. The summed E-state index contributed by atoms with van der Waals surface area (Å²) in [6, 6.07) is 42.7. The molecule has 0 saturated carbocycles. The molecule has 25 heteroatoms. The van der Waals surface area contributed by atoms with Gasteiger partial charge in [0.05, 0.1) is 91.8 Å². The number of amides is 8. The van der Waals surface area contributed by atoms with Gasteiger partial charge >= 0.3 is 0 Å². The van der Waals surface area contributed by atoms with Gasteiger partial charge in [-0.3, -0.25) is 58.0 Å². The number of rotatable bonds is 28. The van der Waals surface area contributed by atoms with Crippen LogP contribution in [0.25, 0.3) is 0 Å². The number of imide groups is 4. The molecule has 0 aromatic heterocycles. The number of carbonyl (C=O) groups excluding carboxylic acids is 8. The second kappa shape index (κ2) is 39.1. The van der Waals surface area contributed by atoms with E-state index in [9.17, 15) is 38.4 Å². The van der Waals surface area contributed by atoms with Gasteiger partial charge in [0, 0.05) is 39.7 Å². The Bertz CT molecular complexity index is 4580. The Morgan fingerprint density at radius 2 is 0.573 bits per heavy atom. The zero-order valence-electron chi connectivity index (χ0n) is 64.5. The predicted octanol–water partition coefficient (Wildman–Crippen LogP) is 12.2. The lowest BCUT2D eigenvalue weighted by Gasteiger charge is -2.23. The third kappa shape index (κ3) is 21.1. The maximum absolute atomic E-state index is 13.0. The fourth-order valence-electron chi connectivity index (χ4n) is 12.6. The van der Waals surface area contributed by atoms with E-state index in [0.717, 1.165) is 101 Å². The summed E-state index contributed by atoms with van der Waals surface area (Å²) in [5, 5.41) is 2.65. The maximum Gasteiger partial charge on any atom is 0.265 e. The van der Waals surface area contributed by atoms with Crippen molar-refractivity contribution in [3.8, 4) is 23.0 Å². The second-order valence-electron chi connectivity index (χ2n) is 28.1. The number of carbonyl (C=O) groups is 8. The summed E-state index contributed by atoms with van der Waals surface area (Å²) < 4.78 is 24.1. The van der Waals surface area contributed by atoms with Crippen molar-refractivity contribution in [1.82, 2.24) is 34.3 Å². The third-order valence-electron chi connectivity index (χ3n) is 19.0. The first-order valence-electron chi connectivity index (χ1n) is 36.4. The molecule has 0 N–H and O–H groups in total. The molecule has 4 heterocycles. The predicted molar refractivity (Wildman–Crippen MR) is 426 cm³/mol. The van der Waals surface area contributed by atoms with Gasteiger partial charge in [-0.1, -0.05) is 147 Å². The number of aryl methyl sites for hydroxylation is 4. The average Bonchev–Trinajstić information content (AvgIpc) is 1.64. The number of likely N-dealkylation sites (N-methyl/N-ethyl adjacent to an activating group) is 4. The van der Waals surface area contributed by atoms with Crippen molar-refractivity contribution in [1.29, 1.82) is 0 Å². The summed E-state index contributed by atoms with van der Waals surface area (Å²) >= 11 is 24.3. The van der Waals surface area contributed by atoms with E-state index in [1.54, 1.807) is 97.1 Å². The van der Waals surface area contributed by atoms with Crippen LogP contribution >= 0.6 is 46.4 Å². The summed E-state index contributed by atoms with van der Waals surface area (Å²) in [5.74, 6) is -0.570. The minimum atomic E-state index is -0.321. The molecule has 8 aromatic carbocycles. The molecular weight excluding hydrogens is 1500 g/mol. The Labute approximate surface area is 671 Å². The highest BCUT2D eigenvalue weighted by Crippen LogP contribution is 2.37. The summed E-state index contributed by atoms with van der Waals surface area (Å²) in [6.45, 7) is 25.5. The van der Waals surface area contributed by atoms with E-state index >= 15 is 0 Å². The molecule has 0 unspecified atom stereocenters. The molecule has 0 aliphatic carbocycles. The highest BCUT2D eigenvalue weighted by Gasteiger charge is 2.42. The Balaban J connectivity index is 0.000000184. The van der Waals surface area contributed by atoms with E-state index in [-0.39, 0.29) is 85.8 Å². The number of nitrogens with zero attached hydrogens (tertiary/aromatic N) is 8. The van der Waals surface area contributed by atoms with Gasteiger partial charge in [-0.15, -0.1) is 0 Å². The maximum atomic E-state index is 13.0. The van der Waals surface area contributed by atoms with E-state index in [2.05, 4.69) is 58.6 Å². The van der Waals surface area contributed by atoms with Gasteiger partial charge in [0.25, 0.3) is 47.3 Å². The van der Waals surface area contributed by atoms with Gasteiger partial charge < -0.3 is 50.5 Å². The Kier molecular flexibility index (Phi) is 30.7. The molecule has 0 saturated heterocycles. The van der Waals surface area contributed by atoms with Crippen molar-refractivity contribution in [3.05, 3.63) is 255 Å². The van der Waals surface area contributed by atoms with Crippen molar-refractivity contribution in [2.24, 2.45) is 0 Å². The molecule has 8 aromatic rings. The van der Waals surface area contributed by atoms with E-state index in [1.165, 1.54) is 19.6 Å². The summed E-state index contributed by atoms with van der Waals surface area (Å²) in [7, 11) is 10.1. The zero-order valence-corrected chi connectivity index (χ0v) is 68.3. The summed E-state index contributed by atoms with van der Waals surface area (Å²) in [6.07, 6.45) is 0. The number of quaternary nitrogens is 1. The first-order valence-corrected chi connectivity index (χ1v) is 37.9. The van der Waals surface area contributed by atoms with Crippen molar-refractivity contribution in [2.45, 2.75) is 81.6 Å². The molecule has 8 amide bonds. The van der Waals surface area contributed by atoms with E-state index in [1.807, 2.05) is 95.2 Å². The highest BCUT2D eigenvalue weighted by molar-refractivity contribution is 6.32. The summed E-state index contributed by atoms with van der Waals surface area (Å²) in [4.78, 5) is 114. The van der Waals surface area contributed by atoms with Crippen LogP contribution in [0.5, 0.6) is 23.0 Å². The van der Waals surface area contributed by atoms with Crippen LogP contribution in [0.2, 0.25) is 20.1 Å². The second-order valence-corrected chi connectivity index (χ2v) is 29.7. The molecule has 4 aliphatic rings. The smallest absolute Gasteiger partial charge is 0.265 e. The van der Waals surface area contributed by atoms with Gasteiger partial charge in [-0.2, -0.15) is 0 Å². The minimum absolute atomic E-state index is 0. The third-order valence-corrected chi connectivity index (χ3v) is 20.7. The molecule has 0 radical (unpaired) electrons. The van der Waals surface area contributed by atoms with Crippen LogP contribution in [0.15, 0.2) is 146 Å². The van der Waals surface area contributed by atoms with E-state index < -0.39 is 0 Å². The van der Waals surface area contributed by atoms with Crippen LogP contribution < -0.4 is 31.4 Å². The van der Waals surface area contributed by atoms with Crippen molar-refractivity contribution < 1.29 is 74.2 Å². The number of ether oxygens (including phenoxy) is 4. The number of benzene rings is 8. The van der Waals surface area contributed by atoms with Crippen molar-refractivity contribution in [3.63, 3.8) is 0 Å². The zero-order chi connectivity index (χ0) is 79.1. The lowest BCUT2D eigenvalue weighted by molar-refractivity contribution is -0.870. The number of fused-ring (bicyclic) bond motifs is 4. The van der Waals surface area contributed by atoms with Gasteiger partial charge in [0.2, 0.25) is 0 Å². The topological polar surface area (TPSA) is 196 Å². The van der Waals surface area contributed by atoms with Crippen molar-refractivity contribution in [2.75, 3.05) is 114 Å². The van der Waals surface area contributed by atoms with E-state index in [4.69, 9.17) is 65.4 Å². The molecule has 0 bridgehead atoms. The molecular formula is C85H95Cl5N8O12. The fourth-order valence-corrected chi connectivity index (χ4v) is 13.1. The Morgan fingerprint density at radius 1 is 0.336 bits per heavy atom. The SMILES string of the molecule is CCN(CC)CCOc1cccc2c1C(=O)N(Cc1ccc(Cl)c(C)c1)C2=O.CCN(CC)CCOc1cccc2c1C(=O)N(Cc1ccc(Cl)c(C)c1)C2=O.Cc1cc(CN2C(=O)c3cccc(OCCN(C)C)c3C2=O)ccc1Cl.Cc1cc(CN2C(=O)c3cccc(OCC[N+](C)(C)C)c3C2=O)ccc1Cl.[Cl-]. The Morgan fingerprint density at radius 3 is 0.791 bits per heavy atom. The highest BCUT2D eigenvalue weighted by atomic mass is 35.5. The Hall–Kier alpha value is -9.19. The van der Waals surface area contributed by atoms with Crippen LogP contribution in [0, 0.1) is 27.7 Å².